The number of amides is 2. The van der Waals surface area contributed by atoms with Crippen LogP contribution in [0, 0.1) is 5.92 Å². The lowest BCUT2D eigenvalue weighted by Gasteiger charge is -2.23. The highest BCUT2D eigenvalue weighted by molar-refractivity contribution is 5.94. The molecule has 128 valence electrons. The number of alkyl carbamates (subject to hydrolysis) is 1. The molecule has 7 nitrogen and oxygen atoms in total. The summed E-state index contributed by atoms with van der Waals surface area (Å²) < 4.78 is 7.00. The fourth-order valence-electron chi connectivity index (χ4n) is 2.61. The van der Waals surface area contributed by atoms with Gasteiger partial charge in [-0.1, -0.05) is 6.92 Å². The van der Waals surface area contributed by atoms with Crippen LogP contribution >= 0.6 is 0 Å². The highest BCUT2D eigenvalue weighted by atomic mass is 16.6. The Morgan fingerprint density at radius 3 is 2.65 bits per heavy atom. The SMILES string of the molecule is CCn1cc(C(=O)N2C[C@@H](C)[C@@H](NC(=O)OC(C)(C)C)C2)cn1. The van der Waals surface area contributed by atoms with Crippen LogP contribution < -0.4 is 5.32 Å². The van der Waals surface area contributed by atoms with Crippen molar-refractivity contribution in [3.8, 4) is 0 Å². The first-order valence-electron chi connectivity index (χ1n) is 8.01. The Bertz CT molecular complexity index is 576. The summed E-state index contributed by atoms with van der Waals surface area (Å²) >= 11 is 0. The molecule has 0 radical (unpaired) electrons. The maximum atomic E-state index is 12.5. The molecule has 0 saturated carbocycles. The molecule has 23 heavy (non-hydrogen) atoms. The van der Waals surface area contributed by atoms with Gasteiger partial charge in [-0.2, -0.15) is 5.10 Å². The van der Waals surface area contributed by atoms with Crippen molar-refractivity contribution in [1.29, 1.82) is 0 Å². The topological polar surface area (TPSA) is 76.5 Å². The monoisotopic (exact) mass is 322 g/mol. The Morgan fingerprint density at radius 1 is 1.39 bits per heavy atom. The minimum absolute atomic E-state index is 0.0509. The van der Waals surface area contributed by atoms with Crippen molar-refractivity contribution in [2.24, 2.45) is 5.92 Å². The average molecular weight is 322 g/mol. The van der Waals surface area contributed by atoms with Crippen LogP contribution in [0.3, 0.4) is 0 Å². The standard InChI is InChI=1S/C16H26N4O3/c1-6-20-9-12(7-17-20)14(21)19-8-11(2)13(10-19)18-15(22)23-16(3,4)5/h7,9,11,13H,6,8,10H2,1-5H3,(H,18,22)/t11-,13+/m1/s1. The highest BCUT2D eigenvalue weighted by Gasteiger charge is 2.35. The lowest BCUT2D eigenvalue weighted by molar-refractivity contribution is 0.0494. The van der Waals surface area contributed by atoms with Gasteiger partial charge in [0.05, 0.1) is 17.8 Å². The molecule has 2 atom stereocenters. The molecule has 0 aromatic carbocycles. The van der Waals surface area contributed by atoms with Gasteiger partial charge in [0, 0.05) is 25.8 Å². The van der Waals surface area contributed by atoms with E-state index in [0.29, 0.717) is 18.7 Å². The van der Waals surface area contributed by atoms with Crippen molar-refractivity contribution in [2.75, 3.05) is 13.1 Å². The van der Waals surface area contributed by atoms with Crippen LogP contribution in [0.4, 0.5) is 4.79 Å². The third-order valence-electron chi connectivity index (χ3n) is 3.81. The first-order valence-corrected chi connectivity index (χ1v) is 8.01. The van der Waals surface area contributed by atoms with Gasteiger partial charge in [0.1, 0.15) is 5.60 Å². The van der Waals surface area contributed by atoms with E-state index in [9.17, 15) is 9.59 Å². The van der Waals surface area contributed by atoms with E-state index < -0.39 is 11.7 Å². The van der Waals surface area contributed by atoms with Crippen molar-refractivity contribution >= 4 is 12.0 Å². The molecular weight excluding hydrogens is 296 g/mol. The zero-order valence-electron chi connectivity index (χ0n) is 14.5. The van der Waals surface area contributed by atoms with E-state index in [1.54, 1.807) is 22.0 Å². The molecule has 1 saturated heterocycles. The second-order valence-corrected chi connectivity index (χ2v) is 7.02. The van der Waals surface area contributed by atoms with Crippen LogP contribution in [0.1, 0.15) is 45.0 Å². The summed E-state index contributed by atoms with van der Waals surface area (Å²) in [7, 11) is 0. The van der Waals surface area contributed by atoms with E-state index in [1.165, 1.54) is 0 Å². The smallest absolute Gasteiger partial charge is 0.407 e. The van der Waals surface area contributed by atoms with Crippen LogP contribution in [-0.4, -0.2) is 51.4 Å². The number of likely N-dealkylation sites (tertiary alicyclic amines) is 1. The van der Waals surface area contributed by atoms with Crippen molar-refractivity contribution in [2.45, 2.75) is 52.8 Å². The molecule has 0 unspecified atom stereocenters. The van der Waals surface area contributed by atoms with Crippen LogP contribution in [0.5, 0.6) is 0 Å². The molecule has 2 amide bonds. The molecule has 7 heteroatoms. The lowest BCUT2D eigenvalue weighted by atomic mass is 10.1. The predicted octanol–water partition coefficient (Wildman–Crippen LogP) is 1.89. The summed E-state index contributed by atoms with van der Waals surface area (Å²) in [5.41, 5.74) is 0.0489. The normalized spacial score (nSPS) is 21.3. The number of hydrogen-bond acceptors (Lipinski definition) is 4. The average Bonchev–Trinajstić information content (AvgIpc) is 3.03. The van der Waals surface area contributed by atoms with Crippen molar-refractivity contribution < 1.29 is 14.3 Å². The summed E-state index contributed by atoms with van der Waals surface area (Å²) in [6.07, 6.45) is 2.90. The van der Waals surface area contributed by atoms with Gasteiger partial charge in [0.15, 0.2) is 0 Å². The molecule has 1 aromatic rings. The summed E-state index contributed by atoms with van der Waals surface area (Å²) in [5, 5.41) is 7.00. The van der Waals surface area contributed by atoms with Crippen molar-refractivity contribution in [3.05, 3.63) is 18.0 Å². The number of nitrogens with zero attached hydrogens (tertiary/aromatic N) is 3. The first-order chi connectivity index (χ1) is 10.7. The quantitative estimate of drug-likeness (QED) is 0.922. The van der Waals surface area contributed by atoms with Gasteiger partial charge in [-0.15, -0.1) is 0 Å². The molecule has 0 bridgehead atoms. The number of nitrogens with one attached hydrogen (secondary N) is 1. The number of rotatable bonds is 3. The molecule has 1 aromatic heterocycles. The second-order valence-electron chi connectivity index (χ2n) is 7.02. The molecule has 1 aliphatic heterocycles. The third kappa shape index (κ3) is 4.46. The molecule has 2 heterocycles. The van der Waals surface area contributed by atoms with Gasteiger partial charge in [0.2, 0.25) is 0 Å². The lowest BCUT2D eigenvalue weighted by Crippen LogP contribution is -2.43. The van der Waals surface area contributed by atoms with Gasteiger partial charge < -0.3 is 15.0 Å². The highest BCUT2D eigenvalue weighted by Crippen LogP contribution is 2.19. The Balaban J connectivity index is 1.95. The number of carbonyl (C=O) groups excluding carboxylic acids is 2. The molecule has 0 aliphatic carbocycles. The zero-order valence-corrected chi connectivity index (χ0v) is 14.5. The van der Waals surface area contributed by atoms with Crippen molar-refractivity contribution in [3.63, 3.8) is 0 Å². The van der Waals surface area contributed by atoms with E-state index in [-0.39, 0.29) is 17.9 Å². The zero-order chi connectivity index (χ0) is 17.2. The van der Waals surface area contributed by atoms with E-state index in [4.69, 9.17) is 4.74 Å². The summed E-state index contributed by atoms with van der Waals surface area (Å²) in [6, 6.07) is -0.102. The molecule has 1 aliphatic rings. The Labute approximate surface area is 137 Å². The van der Waals surface area contributed by atoms with Gasteiger partial charge in [-0.3, -0.25) is 9.48 Å². The van der Waals surface area contributed by atoms with Crippen LogP contribution in [0.2, 0.25) is 0 Å². The number of ether oxygens (including phenoxy) is 1. The Hall–Kier alpha value is -2.05. The summed E-state index contributed by atoms with van der Waals surface area (Å²) in [6.45, 7) is 11.3. The minimum Gasteiger partial charge on any atom is -0.444 e. The molecule has 2 rings (SSSR count). The number of carbonyl (C=O) groups is 2. The van der Waals surface area contributed by atoms with E-state index in [0.717, 1.165) is 6.54 Å². The Morgan fingerprint density at radius 2 is 2.09 bits per heavy atom. The van der Waals surface area contributed by atoms with Crippen LogP contribution in [0.25, 0.3) is 0 Å². The van der Waals surface area contributed by atoms with Gasteiger partial charge in [-0.25, -0.2) is 4.79 Å². The fourth-order valence-corrected chi connectivity index (χ4v) is 2.61. The fraction of sp³-hybridized carbons (Fsp3) is 0.688. The van der Waals surface area contributed by atoms with Crippen LogP contribution in [0.15, 0.2) is 12.4 Å². The number of aryl methyl sites for hydroxylation is 1. The summed E-state index contributed by atoms with van der Waals surface area (Å²) in [5.74, 6) is 0.123. The van der Waals surface area contributed by atoms with E-state index in [2.05, 4.69) is 10.4 Å². The third-order valence-corrected chi connectivity index (χ3v) is 3.81. The number of aromatic nitrogens is 2. The second kappa shape index (κ2) is 6.60. The van der Waals surface area contributed by atoms with E-state index >= 15 is 0 Å². The van der Waals surface area contributed by atoms with Gasteiger partial charge >= 0.3 is 6.09 Å². The first kappa shape index (κ1) is 17.3. The molecule has 0 spiro atoms. The molecular formula is C16H26N4O3. The predicted molar refractivity (Wildman–Crippen MR) is 86.1 cm³/mol. The molecule has 1 fully saturated rings. The van der Waals surface area contributed by atoms with Crippen molar-refractivity contribution in [1.82, 2.24) is 20.0 Å². The summed E-state index contributed by atoms with van der Waals surface area (Å²) in [4.78, 5) is 26.2. The Kier molecular flexibility index (Phi) is 4.97. The van der Waals surface area contributed by atoms with Gasteiger partial charge in [-0.05, 0) is 33.6 Å². The minimum atomic E-state index is -0.532. The van der Waals surface area contributed by atoms with Crippen LogP contribution in [-0.2, 0) is 11.3 Å². The molecule has 1 N–H and O–H groups in total. The van der Waals surface area contributed by atoms with E-state index in [1.807, 2.05) is 34.6 Å². The maximum Gasteiger partial charge on any atom is 0.407 e. The van der Waals surface area contributed by atoms with Gasteiger partial charge in [0.25, 0.3) is 5.91 Å². The maximum absolute atomic E-state index is 12.5. The number of hydrogen-bond donors (Lipinski definition) is 1. The largest absolute Gasteiger partial charge is 0.444 e.